The Morgan fingerprint density at radius 2 is 1.95 bits per heavy atom. The monoisotopic (exact) mass is 366 g/mol. The highest BCUT2D eigenvalue weighted by atomic mass is 79.9. The summed E-state index contributed by atoms with van der Waals surface area (Å²) in [5.74, 6) is -0.227. The smallest absolute Gasteiger partial charge is 0.230 e. The van der Waals surface area contributed by atoms with Crippen molar-refractivity contribution in [1.29, 1.82) is 0 Å². The van der Waals surface area contributed by atoms with Crippen molar-refractivity contribution in [3.8, 4) is 22.4 Å². The topological polar surface area (TPSA) is 52.0 Å². The van der Waals surface area contributed by atoms with Crippen molar-refractivity contribution >= 4 is 33.4 Å². The molecule has 0 fully saturated rings. The lowest BCUT2D eigenvalue weighted by Gasteiger charge is -2.06. The van der Waals surface area contributed by atoms with E-state index in [-0.39, 0.29) is 11.7 Å². The Kier molecular flexibility index (Phi) is 3.69. The Bertz CT molecular complexity index is 819. The second-order valence-electron chi connectivity index (χ2n) is 4.38. The van der Waals surface area contributed by atoms with E-state index in [2.05, 4.69) is 21.1 Å². The number of nitrogen functional groups attached to an aromatic ring is 1. The van der Waals surface area contributed by atoms with Gasteiger partial charge in [-0.2, -0.15) is 0 Å². The van der Waals surface area contributed by atoms with Gasteiger partial charge in [0.2, 0.25) is 5.88 Å². The maximum absolute atomic E-state index is 13.7. The molecule has 1 aromatic heterocycles. The van der Waals surface area contributed by atoms with Gasteiger partial charge in [-0.15, -0.1) is 0 Å². The predicted molar refractivity (Wildman–Crippen MR) is 84.5 cm³/mol. The van der Waals surface area contributed by atoms with Crippen LogP contribution in [0.25, 0.3) is 22.4 Å². The molecule has 0 saturated carbocycles. The molecule has 0 bridgehead atoms. The number of nitrogens with two attached hydrogens (primary N) is 1. The molecule has 3 nitrogen and oxygen atoms in total. The summed E-state index contributed by atoms with van der Waals surface area (Å²) in [6.45, 7) is 0. The number of benzene rings is 2. The SMILES string of the molecule is Nc1onc(-c2cccc(F)c2Br)c1-c1cccc(Cl)c1. The number of hydrogen-bond acceptors (Lipinski definition) is 3. The zero-order valence-electron chi connectivity index (χ0n) is 10.6. The molecule has 21 heavy (non-hydrogen) atoms. The van der Waals surface area contributed by atoms with Crippen molar-refractivity contribution in [3.63, 3.8) is 0 Å². The highest BCUT2D eigenvalue weighted by molar-refractivity contribution is 9.10. The van der Waals surface area contributed by atoms with E-state index in [1.54, 1.807) is 30.3 Å². The maximum atomic E-state index is 13.7. The molecule has 3 rings (SSSR count). The minimum atomic E-state index is -0.383. The van der Waals surface area contributed by atoms with Crippen molar-refractivity contribution in [2.45, 2.75) is 0 Å². The number of halogens is 3. The van der Waals surface area contributed by atoms with Gasteiger partial charge in [-0.25, -0.2) is 4.39 Å². The van der Waals surface area contributed by atoms with Crippen molar-refractivity contribution in [3.05, 3.63) is 57.8 Å². The summed E-state index contributed by atoms with van der Waals surface area (Å²) in [6, 6.07) is 11.8. The lowest BCUT2D eigenvalue weighted by molar-refractivity contribution is 0.439. The first kappa shape index (κ1) is 14.1. The third-order valence-corrected chi connectivity index (χ3v) is 4.08. The normalized spacial score (nSPS) is 10.8. The third kappa shape index (κ3) is 2.54. The molecule has 1 heterocycles. The molecular formula is C15H9BrClFN2O. The van der Waals surface area contributed by atoms with Crippen molar-refractivity contribution in [2.24, 2.45) is 0 Å². The van der Waals surface area contributed by atoms with Gasteiger partial charge in [-0.05, 0) is 39.7 Å². The predicted octanol–water partition coefficient (Wildman–Crippen LogP) is 5.15. The molecule has 0 aliphatic heterocycles. The number of aromatic nitrogens is 1. The molecule has 0 aliphatic carbocycles. The molecule has 0 aliphatic rings. The fourth-order valence-electron chi connectivity index (χ4n) is 2.10. The average molecular weight is 368 g/mol. The Hall–Kier alpha value is -1.85. The highest BCUT2D eigenvalue weighted by Crippen LogP contribution is 2.40. The lowest BCUT2D eigenvalue weighted by Crippen LogP contribution is -1.90. The van der Waals surface area contributed by atoms with Crippen LogP contribution >= 0.6 is 27.5 Å². The van der Waals surface area contributed by atoms with E-state index in [1.165, 1.54) is 6.07 Å². The molecule has 2 N–H and O–H groups in total. The first-order chi connectivity index (χ1) is 10.1. The number of hydrogen-bond donors (Lipinski definition) is 1. The Morgan fingerprint density at radius 1 is 1.19 bits per heavy atom. The Morgan fingerprint density at radius 3 is 2.71 bits per heavy atom. The van der Waals surface area contributed by atoms with Gasteiger partial charge in [-0.3, -0.25) is 0 Å². The fourth-order valence-corrected chi connectivity index (χ4v) is 2.74. The van der Waals surface area contributed by atoms with Crippen LogP contribution in [0.1, 0.15) is 0 Å². The molecule has 0 saturated heterocycles. The van der Waals surface area contributed by atoms with Gasteiger partial charge in [0.1, 0.15) is 11.5 Å². The first-order valence-corrected chi connectivity index (χ1v) is 7.20. The first-order valence-electron chi connectivity index (χ1n) is 6.03. The van der Waals surface area contributed by atoms with Crippen LogP contribution in [0, 0.1) is 5.82 Å². The van der Waals surface area contributed by atoms with E-state index < -0.39 is 0 Å². The third-order valence-electron chi connectivity index (χ3n) is 3.04. The van der Waals surface area contributed by atoms with Gasteiger partial charge >= 0.3 is 0 Å². The average Bonchev–Trinajstić information content (AvgIpc) is 2.83. The largest absolute Gasteiger partial charge is 0.367 e. The van der Waals surface area contributed by atoms with Crippen LogP contribution in [0.2, 0.25) is 5.02 Å². The van der Waals surface area contributed by atoms with Crippen LogP contribution in [0.3, 0.4) is 0 Å². The van der Waals surface area contributed by atoms with E-state index in [0.717, 1.165) is 5.56 Å². The summed E-state index contributed by atoms with van der Waals surface area (Å²) in [7, 11) is 0. The van der Waals surface area contributed by atoms with Crippen LogP contribution in [0.15, 0.2) is 51.5 Å². The van der Waals surface area contributed by atoms with Crippen LogP contribution in [0.5, 0.6) is 0 Å². The summed E-state index contributed by atoms with van der Waals surface area (Å²) >= 11 is 9.23. The van der Waals surface area contributed by atoms with E-state index >= 15 is 0 Å². The van der Waals surface area contributed by atoms with Gasteiger partial charge in [0.25, 0.3) is 0 Å². The molecule has 6 heteroatoms. The molecule has 3 aromatic rings. The van der Waals surface area contributed by atoms with E-state index in [1.807, 2.05) is 6.07 Å². The van der Waals surface area contributed by atoms with Crippen LogP contribution in [0.4, 0.5) is 10.3 Å². The second kappa shape index (κ2) is 5.50. The van der Waals surface area contributed by atoms with Crippen LogP contribution < -0.4 is 5.73 Å². The molecule has 0 atom stereocenters. The zero-order chi connectivity index (χ0) is 15.0. The lowest BCUT2D eigenvalue weighted by atomic mass is 10.0. The molecule has 0 unspecified atom stereocenters. The van der Waals surface area contributed by atoms with Gasteiger partial charge < -0.3 is 10.3 Å². The van der Waals surface area contributed by atoms with Crippen molar-refractivity contribution < 1.29 is 8.91 Å². The van der Waals surface area contributed by atoms with E-state index in [9.17, 15) is 4.39 Å². The second-order valence-corrected chi connectivity index (χ2v) is 5.61. The molecule has 0 radical (unpaired) electrons. The van der Waals surface area contributed by atoms with Crippen molar-refractivity contribution in [2.75, 3.05) is 5.73 Å². The van der Waals surface area contributed by atoms with Crippen LogP contribution in [-0.2, 0) is 0 Å². The van der Waals surface area contributed by atoms with Gasteiger partial charge in [0, 0.05) is 10.6 Å². The Labute approximate surface area is 133 Å². The summed E-state index contributed by atoms with van der Waals surface area (Å²) in [5, 5.41) is 4.52. The van der Waals surface area contributed by atoms with Gasteiger partial charge in [-0.1, -0.05) is 41.0 Å². The van der Waals surface area contributed by atoms with Gasteiger partial charge in [0.05, 0.1) is 10.0 Å². The molecule has 2 aromatic carbocycles. The standard InChI is InChI=1S/C15H9BrClFN2O/c16-13-10(5-2-6-11(13)18)14-12(15(19)21-20-14)8-3-1-4-9(17)7-8/h1-7H,19H2. The number of anilines is 1. The van der Waals surface area contributed by atoms with Gasteiger partial charge in [0.15, 0.2) is 0 Å². The highest BCUT2D eigenvalue weighted by Gasteiger charge is 2.20. The molecule has 106 valence electrons. The minimum Gasteiger partial charge on any atom is -0.367 e. The van der Waals surface area contributed by atoms with E-state index in [4.69, 9.17) is 21.9 Å². The quantitative estimate of drug-likeness (QED) is 0.682. The van der Waals surface area contributed by atoms with Crippen molar-refractivity contribution in [1.82, 2.24) is 5.16 Å². The summed E-state index contributed by atoms with van der Waals surface area (Å²) in [5.41, 5.74) is 8.23. The number of nitrogens with zero attached hydrogens (tertiary/aromatic N) is 1. The van der Waals surface area contributed by atoms with Crippen LogP contribution in [-0.4, -0.2) is 5.16 Å². The van der Waals surface area contributed by atoms with E-state index in [0.29, 0.717) is 26.3 Å². The minimum absolute atomic E-state index is 0.156. The molecule has 0 spiro atoms. The molecular weight excluding hydrogens is 359 g/mol. The fraction of sp³-hybridized carbons (Fsp3) is 0. The molecule has 0 amide bonds. The number of rotatable bonds is 2. The summed E-state index contributed by atoms with van der Waals surface area (Å²) in [6.07, 6.45) is 0. The maximum Gasteiger partial charge on any atom is 0.230 e. The zero-order valence-corrected chi connectivity index (χ0v) is 13.0. The Balaban J connectivity index is 2.24. The summed E-state index contributed by atoms with van der Waals surface area (Å²) in [4.78, 5) is 0. The summed E-state index contributed by atoms with van der Waals surface area (Å²) < 4.78 is 19.1.